The Morgan fingerprint density at radius 3 is 2.29 bits per heavy atom. The molecule has 8 nitrogen and oxygen atoms in total. The molecule has 0 atom stereocenters. The molecule has 0 aliphatic heterocycles. The van der Waals surface area contributed by atoms with Crippen molar-refractivity contribution in [2.75, 3.05) is 6.61 Å². The number of sulfonamides is 1. The van der Waals surface area contributed by atoms with Crippen LogP contribution in [0.15, 0.2) is 71.6 Å². The molecule has 0 spiro atoms. The number of halogens is 2. The second-order valence-electron chi connectivity index (χ2n) is 7.29. The Morgan fingerprint density at radius 1 is 0.914 bits per heavy atom. The summed E-state index contributed by atoms with van der Waals surface area (Å²) in [4.78, 5) is 27.1. The van der Waals surface area contributed by atoms with Crippen LogP contribution in [0.4, 0.5) is 0 Å². The maximum atomic E-state index is 12.7. The number of benzene rings is 3. The maximum Gasteiger partial charge on any atom is 0.338 e. The Bertz CT molecular complexity index is 1530. The second-order valence-corrected chi connectivity index (χ2v) is 9.79. The lowest BCUT2D eigenvalue weighted by Crippen LogP contribution is -2.30. The quantitative estimate of drug-likeness (QED) is 0.301. The molecule has 0 saturated heterocycles. The van der Waals surface area contributed by atoms with Gasteiger partial charge >= 0.3 is 5.97 Å². The normalized spacial score (nSPS) is 11.3. The van der Waals surface area contributed by atoms with Crippen molar-refractivity contribution in [2.24, 2.45) is 0 Å². The lowest BCUT2D eigenvalue weighted by molar-refractivity contribution is 0.0526. The van der Waals surface area contributed by atoms with Gasteiger partial charge in [0.2, 0.25) is 0 Å². The van der Waals surface area contributed by atoms with Gasteiger partial charge in [-0.05, 0) is 67.6 Å². The highest BCUT2D eigenvalue weighted by molar-refractivity contribution is 7.90. The fourth-order valence-electron chi connectivity index (χ4n) is 3.19. The van der Waals surface area contributed by atoms with Crippen LogP contribution in [0.1, 0.15) is 27.8 Å². The number of fused-ring (bicyclic) bond motifs is 1. The molecule has 180 valence electrons. The summed E-state index contributed by atoms with van der Waals surface area (Å²) in [6.45, 7) is 1.86. The zero-order chi connectivity index (χ0) is 25.2. The molecule has 0 saturated carbocycles. The van der Waals surface area contributed by atoms with E-state index in [0.717, 1.165) is 0 Å². The van der Waals surface area contributed by atoms with Crippen LogP contribution >= 0.6 is 23.2 Å². The molecule has 11 heteroatoms. The molecule has 0 aliphatic rings. The van der Waals surface area contributed by atoms with Gasteiger partial charge in [0, 0.05) is 17.0 Å². The van der Waals surface area contributed by atoms with Crippen molar-refractivity contribution in [2.45, 2.75) is 11.8 Å². The first-order valence-corrected chi connectivity index (χ1v) is 12.5. The van der Waals surface area contributed by atoms with E-state index in [4.69, 9.17) is 32.7 Å². The number of aromatic nitrogens is 1. The zero-order valence-electron chi connectivity index (χ0n) is 18.2. The monoisotopic (exact) mass is 532 g/mol. The van der Waals surface area contributed by atoms with E-state index in [9.17, 15) is 18.0 Å². The van der Waals surface area contributed by atoms with Crippen molar-refractivity contribution in [3.8, 4) is 11.5 Å². The number of carbonyl (C=O) groups is 2. The second kappa shape index (κ2) is 9.99. The van der Waals surface area contributed by atoms with Crippen molar-refractivity contribution >= 4 is 56.0 Å². The average Bonchev–Trinajstić information content (AvgIpc) is 3.25. The van der Waals surface area contributed by atoms with Crippen LogP contribution in [0.25, 0.3) is 10.9 Å². The van der Waals surface area contributed by atoms with Gasteiger partial charge in [-0.2, -0.15) is 0 Å². The van der Waals surface area contributed by atoms with Crippen LogP contribution in [0, 0.1) is 0 Å². The molecule has 1 amide bonds. The largest absolute Gasteiger partial charge is 0.462 e. The Balaban J connectivity index is 1.50. The van der Waals surface area contributed by atoms with E-state index in [1.807, 2.05) is 4.72 Å². The smallest absolute Gasteiger partial charge is 0.338 e. The highest BCUT2D eigenvalue weighted by Crippen LogP contribution is 2.31. The van der Waals surface area contributed by atoms with E-state index in [-0.39, 0.29) is 22.8 Å². The Kier molecular flexibility index (Phi) is 7.02. The average molecular weight is 533 g/mol. The van der Waals surface area contributed by atoms with E-state index in [1.165, 1.54) is 30.3 Å². The molecule has 0 fully saturated rings. The van der Waals surface area contributed by atoms with Crippen molar-refractivity contribution < 1.29 is 27.5 Å². The van der Waals surface area contributed by atoms with Crippen LogP contribution in [0.5, 0.6) is 11.5 Å². The minimum absolute atomic E-state index is 0.0402. The maximum absolute atomic E-state index is 12.7. The molecular weight excluding hydrogens is 515 g/mol. The van der Waals surface area contributed by atoms with Gasteiger partial charge < -0.3 is 14.5 Å². The highest BCUT2D eigenvalue weighted by atomic mass is 35.5. The number of nitrogens with one attached hydrogen (secondary N) is 2. The minimum Gasteiger partial charge on any atom is -0.462 e. The fourth-order valence-corrected chi connectivity index (χ4v) is 4.45. The topological polar surface area (TPSA) is 115 Å². The molecule has 1 heterocycles. The van der Waals surface area contributed by atoms with E-state index in [1.54, 1.807) is 43.3 Å². The molecule has 0 unspecified atom stereocenters. The van der Waals surface area contributed by atoms with Crippen LogP contribution in [-0.4, -0.2) is 31.9 Å². The summed E-state index contributed by atoms with van der Waals surface area (Å²) in [7, 11) is -4.18. The summed E-state index contributed by atoms with van der Waals surface area (Å²) in [5.41, 5.74) is 0.845. The van der Waals surface area contributed by atoms with E-state index in [2.05, 4.69) is 4.98 Å². The molecule has 0 aliphatic carbocycles. The summed E-state index contributed by atoms with van der Waals surface area (Å²) < 4.78 is 38.0. The minimum atomic E-state index is -4.18. The number of hydrogen-bond acceptors (Lipinski definition) is 6. The fraction of sp³-hybridized carbons (Fsp3) is 0.0833. The first-order valence-electron chi connectivity index (χ1n) is 10.3. The summed E-state index contributed by atoms with van der Waals surface area (Å²) in [5.74, 6) is -0.452. The standard InChI is InChI=1S/C24H18Cl2N2O6S/c1-2-33-24(30)14-3-7-18(8-4-14)35(31,32)28-23(29)22-12-15-11-16(6-10-21(15)27-22)34-17-5-9-19(25)20(26)13-17/h3-13,27H,2H2,1H3,(H,28,29). The Labute approximate surface area is 210 Å². The molecule has 1 aromatic heterocycles. The third-order valence-electron chi connectivity index (χ3n) is 4.87. The van der Waals surface area contributed by atoms with Gasteiger partial charge in [-0.15, -0.1) is 0 Å². The Hall–Kier alpha value is -3.53. The van der Waals surface area contributed by atoms with Gasteiger partial charge in [-0.3, -0.25) is 4.79 Å². The van der Waals surface area contributed by atoms with Crippen molar-refractivity contribution in [1.82, 2.24) is 9.71 Å². The molecule has 4 rings (SSSR count). The number of rotatable bonds is 7. The van der Waals surface area contributed by atoms with Crippen molar-refractivity contribution in [1.29, 1.82) is 0 Å². The number of H-pyrrole nitrogens is 1. The van der Waals surface area contributed by atoms with Gasteiger partial charge in [0.1, 0.15) is 17.2 Å². The number of esters is 1. The summed E-state index contributed by atoms with van der Waals surface area (Å²) >= 11 is 11.9. The first kappa shape index (κ1) is 24.6. The number of carbonyl (C=O) groups excluding carboxylic acids is 2. The number of amides is 1. The number of ether oxygens (including phenoxy) is 2. The molecule has 2 N–H and O–H groups in total. The summed E-state index contributed by atoms with van der Waals surface area (Å²) in [5, 5.41) is 1.38. The molecule has 0 bridgehead atoms. The van der Waals surface area contributed by atoms with Crippen molar-refractivity contribution in [3.05, 3.63) is 88.0 Å². The van der Waals surface area contributed by atoms with Crippen molar-refractivity contribution in [3.63, 3.8) is 0 Å². The van der Waals surface area contributed by atoms with Gasteiger partial charge in [0.15, 0.2) is 0 Å². The van der Waals surface area contributed by atoms with E-state index < -0.39 is 21.9 Å². The Morgan fingerprint density at radius 2 is 1.60 bits per heavy atom. The molecular formula is C24H18Cl2N2O6S. The summed E-state index contributed by atoms with van der Waals surface area (Å²) in [6, 6.07) is 16.5. The van der Waals surface area contributed by atoms with E-state index in [0.29, 0.717) is 32.4 Å². The van der Waals surface area contributed by atoms with Crippen LogP contribution in [-0.2, 0) is 14.8 Å². The van der Waals surface area contributed by atoms with E-state index >= 15 is 0 Å². The van der Waals surface area contributed by atoms with Crippen LogP contribution in [0.2, 0.25) is 10.0 Å². The molecule has 4 aromatic rings. The molecule has 35 heavy (non-hydrogen) atoms. The van der Waals surface area contributed by atoms with Gasteiger partial charge in [-0.25, -0.2) is 17.9 Å². The SMILES string of the molecule is CCOC(=O)c1ccc(S(=O)(=O)NC(=O)c2cc3cc(Oc4ccc(Cl)c(Cl)c4)ccc3[nH]2)cc1. The van der Waals surface area contributed by atoms with Gasteiger partial charge in [0.05, 0.1) is 27.1 Å². The highest BCUT2D eigenvalue weighted by Gasteiger charge is 2.21. The van der Waals surface area contributed by atoms with Crippen LogP contribution in [0.3, 0.4) is 0 Å². The molecule has 3 aromatic carbocycles. The predicted molar refractivity (Wildman–Crippen MR) is 132 cm³/mol. The lowest BCUT2D eigenvalue weighted by atomic mass is 10.2. The number of aromatic amines is 1. The first-order chi connectivity index (χ1) is 16.7. The van der Waals surface area contributed by atoms with Crippen LogP contribution < -0.4 is 9.46 Å². The number of hydrogen-bond donors (Lipinski definition) is 2. The third kappa shape index (κ3) is 5.59. The third-order valence-corrected chi connectivity index (χ3v) is 6.95. The van der Waals surface area contributed by atoms with Gasteiger partial charge in [0.25, 0.3) is 15.9 Å². The lowest BCUT2D eigenvalue weighted by Gasteiger charge is -2.07. The predicted octanol–water partition coefficient (Wildman–Crippen LogP) is 5.56. The van der Waals surface area contributed by atoms with Gasteiger partial charge in [-0.1, -0.05) is 23.2 Å². The zero-order valence-corrected chi connectivity index (χ0v) is 20.5. The summed E-state index contributed by atoms with van der Waals surface area (Å²) in [6.07, 6.45) is 0. The molecule has 0 radical (unpaired) electrons.